The van der Waals surface area contributed by atoms with Crippen molar-refractivity contribution in [2.75, 3.05) is 6.61 Å². The molecule has 0 radical (unpaired) electrons. The van der Waals surface area contributed by atoms with Crippen molar-refractivity contribution in [2.45, 2.75) is 37.8 Å². The molecule has 1 aliphatic rings. The van der Waals surface area contributed by atoms with Crippen molar-refractivity contribution in [1.82, 2.24) is 0 Å². The van der Waals surface area contributed by atoms with Gasteiger partial charge in [0.25, 0.3) is 0 Å². The van der Waals surface area contributed by atoms with Crippen LogP contribution in [0.25, 0.3) is 0 Å². The highest BCUT2D eigenvalue weighted by Gasteiger charge is 2.43. The minimum Gasteiger partial charge on any atom is -0.389 e. The van der Waals surface area contributed by atoms with Gasteiger partial charge in [-0.3, -0.25) is 0 Å². The van der Waals surface area contributed by atoms with Gasteiger partial charge in [-0.05, 0) is 19.9 Å². The molecule has 0 aromatic rings. The van der Waals surface area contributed by atoms with Crippen molar-refractivity contribution in [2.24, 2.45) is 0 Å². The van der Waals surface area contributed by atoms with Gasteiger partial charge in [0.05, 0.1) is 18.8 Å². The number of aliphatic hydroxyl groups excluding tert-OH is 2. The van der Waals surface area contributed by atoms with Crippen LogP contribution in [0, 0.1) is 0 Å². The second-order valence-electron chi connectivity index (χ2n) is 3.55. The quantitative estimate of drug-likeness (QED) is 0.508. The summed E-state index contributed by atoms with van der Waals surface area (Å²) in [6, 6.07) is 0. The molecule has 0 aliphatic carbocycles. The van der Waals surface area contributed by atoms with Gasteiger partial charge in [-0.2, -0.15) is 0 Å². The summed E-state index contributed by atoms with van der Waals surface area (Å²) in [6.45, 7) is 3.34. The van der Waals surface area contributed by atoms with E-state index in [0.29, 0.717) is 0 Å². The van der Waals surface area contributed by atoms with Gasteiger partial charge in [-0.1, -0.05) is 6.08 Å². The molecule has 0 amide bonds. The van der Waals surface area contributed by atoms with Crippen LogP contribution in [-0.2, 0) is 4.74 Å². The topological polar surface area (TPSA) is 69.9 Å². The Kier molecular flexibility index (Phi) is 3.08. The van der Waals surface area contributed by atoms with Crippen molar-refractivity contribution >= 4 is 0 Å². The van der Waals surface area contributed by atoms with Gasteiger partial charge in [-0.15, -0.1) is 0 Å². The highest BCUT2D eigenvalue weighted by molar-refractivity contribution is 5.11. The van der Waals surface area contributed by atoms with E-state index in [1.165, 1.54) is 12.2 Å². The number of rotatable bonds is 2. The van der Waals surface area contributed by atoms with Crippen LogP contribution in [0.5, 0.6) is 0 Å². The fraction of sp³-hybridized carbons (Fsp3) is 0.778. The minimum absolute atomic E-state index is 0.0680. The van der Waals surface area contributed by atoms with E-state index in [-0.39, 0.29) is 12.7 Å². The van der Waals surface area contributed by atoms with Crippen LogP contribution in [0.15, 0.2) is 12.2 Å². The number of hydrogen-bond acceptors (Lipinski definition) is 4. The Morgan fingerprint density at radius 3 is 2.62 bits per heavy atom. The summed E-state index contributed by atoms with van der Waals surface area (Å²) >= 11 is 0. The van der Waals surface area contributed by atoms with Gasteiger partial charge in [0.1, 0.15) is 11.7 Å². The Hall–Kier alpha value is -0.420. The maximum Gasteiger partial charge on any atom is 0.134 e. The lowest BCUT2D eigenvalue weighted by molar-refractivity contribution is -0.0132. The average molecular weight is 188 g/mol. The van der Waals surface area contributed by atoms with Crippen LogP contribution in [0.1, 0.15) is 13.8 Å². The van der Waals surface area contributed by atoms with E-state index in [1.54, 1.807) is 13.8 Å². The molecule has 4 atom stereocenters. The second-order valence-corrected chi connectivity index (χ2v) is 3.55. The maximum absolute atomic E-state index is 9.81. The summed E-state index contributed by atoms with van der Waals surface area (Å²) in [5.41, 5.74) is -1.35. The molecule has 4 nitrogen and oxygen atoms in total. The van der Waals surface area contributed by atoms with E-state index < -0.39 is 17.8 Å². The lowest BCUT2D eigenvalue weighted by atomic mass is 9.96. The van der Waals surface area contributed by atoms with E-state index in [4.69, 9.17) is 9.84 Å². The molecule has 1 saturated heterocycles. The van der Waals surface area contributed by atoms with E-state index in [1.807, 2.05) is 0 Å². The fourth-order valence-electron chi connectivity index (χ4n) is 1.30. The first kappa shape index (κ1) is 10.7. The van der Waals surface area contributed by atoms with Crippen LogP contribution in [0.2, 0.25) is 0 Å². The summed E-state index contributed by atoms with van der Waals surface area (Å²) in [5, 5.41) is 28.3. The Bertz CT molecular complexity index is 202. The first-order valence-corrected chi connectivity index (χ1v) is 4.35. The largest absolute Gasteiger partial charge is 0.389 e. The van der Waals surface area contributed by atoms with Gasteiger partial charge in [0, 0.05) is 0 Å². The molecule has 76 valence electrons. The van der Waals surface area contributed by atoms with Crippen molar-refractivity contribution < 1.29 is 20.1 Å². The fourth-order valence-corrected chi connectivity index (χ4v) is 1.30. The normalized spacial score (nSPS) is 42.8. The Labute approximate surface area is 77.5 Å². The van der Waals surface area contributed by atoms with Crippen LogP contribution < -0.4 is 0 Å². The number of ether oxygens (including phenoxy) is 1. The Morgan fingerprint density at radius 2 is 2.23 bits per heavy atom. The zero-order valence-electron chi connectivity index (χ0n) is 7.84. The first-order chi connectivity index (χ1) is 5.96. The van der Waals surface area contributed by atoms with Crippen molar-refractivity contribution in [3.8, 4) is 0 Å². The number of hydrogen-bond donors (Lipinski definition) is 3. The molecule has 1 fully saturated rings. The van der Waals surface area contributed by atoms with E-state index >= 15 is 0 Å². The minimum atomic E-state index is -1.35. The zero-order valence-corrected chi connectivity index (χ0v) is 7.84. The predicted octanol–water partition coefficient (Wildman–Crippen LogP) is -0.566. The molecule has 0 bridgehead atoms. The lowest BCUT2D eigenvalue weighted by Crippen LogP contribution is -2.41. The van der Waals surface area contributed by atoms with E-state index in [0.717, 1.165) is 0 Å². The van der Waals surface area contributed by atoms with Crippen LogP contribution >= 0.6 is 0 Å². The summed E-state index contributed by atoms with van der Waals surface area (Å²) < 4.78 is 5.08. The van der Waals surface area contributed by atoms with E-state index in [9.17, 15) is 10.2 Å². The summed E-state index contributed by atoms with van der Waals surface area (Å²) in [4.78, 5) is 0. The molecule has 13 heavy (non-hydrogen) atoms. The Balaban J connectivity index is 2.66. The van der Waals surface area contributed by atoms with Crippen LogP contribution in [0.3, 0.4) is 0 Å². The molecule has 0 spiro atoms. The first-order valence-electron chi connectivity index (χ1n) is 4.35. The SMILES string of the molecule is CC(O)C=CC1(O)COC(C)C1O. The van der Waals surface area contributed by atoms with Gasteiger partial charge in [0.2, 0.25) is 0 Å². The zero-order chi connectivity index (χ0) is 10.1. The molecule has 1 rings (SSSR count). The Morgan fingerprint density at radius 1 is 1.62 bits per heavy atom. The molecular weight excluding hydrogens is 172 g/mol. The van der Waals surface area contributed by atoms with Crippen LogP contribution in [0.4, 0.5) is 0 Å². The molecular formula is C9H16O4. The predicted molar refractivity (Wildman–Crippen MR) is 47.2 cm³/mol. The highest BCUT2D eigenvalue weighted by atomic mass is 16.5. The molecule has 1 aliphatic heterocycles. The van der Waals surface area contributed by atoms with Gasteiger partial charge >= 0.3 is 0 Å². The average Bonchev–Trinajstić information content (AvgIpc) is 2.31. The number of aliphatic hydroxyl groups is 3. The smallest absolute Gasteiger partial charge is 0.134 e. The van der Waals surface area contributed by atoms with Crippen molar-refractivity contribution in [3.63, 3.8) is 0 Å². The highest BCUT2D eigenvalue weighted by Crippen LogP contribution is 2.25. The summed E-state index contributed by atoms with van der Waals surface area (Å²) in [6.07, 6.45) is 0.898. The van der Waals surface area contributed by atoms with Gasteiger partial charge in [0.15, 0.2) is 0 Å². The molecule has 3 N–H and O–H groups in total. The third-order valence-electron chi connectivity index (χ3n) is 2.20. The second kappa shape index (κ2) is 3.75. The third kappa shape index (κ3) is 2.28. The lowest BCUT2D eigenvalue weighted by Gasteiger charge is -2.21. The maximum atomic E-state index is 9.81. The molecule has 1 heterocycles. The summed E-state index contributed by atoms with van der Waals surface area (Å²) in [5.74, 6) is 0. The van der Waals surface area contributed by atoms with E-state index in [2.05, 4.69) is 0 Å². The third-order valence-corrected chi connectivity index (χ3v) is 2.20. The van der Waals surface area contributed by atoms with Crippen LogP contribution in [-0.4, -0.2) is 45.8 Å². The van der Waals surface area contributed by atoms with Crippen molar-refractivity contribution in [1.29, 1.82) is 0 Å². The molecule has 4 unspecified atom stereocenters. The van der Waals surface area contributed by atoms with Gasteiger partial charge < -0.3 is 20.1 Å². The molecule has 0 saturated carbocycles. The molecule has 0 aromatic heterocycles. The molecule has 0 aromatic carbocycles. The van der Waals surface area contributed by atoms with Crippen molar-refractivity contribution in [3.05, 3.63) is 12.2 Å². The summed E-state index contributed by atoms with van der Waals surface area (Å²) in [7, 11) is 0. The molecule has 4 heteroatoms. The standard InChI is InChI=1S/C9H16O4/c1-6(10)3-4-9(12)5-13-7(2)8(9)11/h3-4,6-8,10-12H,5H2,1-2H3. The monoisotopic (exact) mass is 188 g/mol. The van der Waals surface area contributed by atoms with Gasteiger partial charge in [-0.25, -0.2) is 0 Å².